The van der Waals surface area contributed by atoms with Gasteiger partial charge in [0.2, 0.25) is 5.91 Å². The van der Waals surface area contributed by atoms with Crippen LogP contribution in [-0.4, -0.2) is 163 Å². The summed E-state index contributed by atoms with van der Waals surface area (Å²) in [5.74, 6) is -3.60. The molecule has 0 fully saturated rings. The van der Waals surface area contributed by atoms with Crippen LogP contribution in [0.1, 0.15) is 88.8 Å². The molecule has 32 nitrogen and oxygen atoms in total. The monoisotopic (exact) mass is 1840 g/mol. The van der Waals surface area contributed by atoms with Crippen molar-refractivity contribution < 1.29 is 72.9 Å². The van der Waals surface area contributed by atoms with E-state index in [0.717, 1.165) is 63.5 Å². The molecule has 18 rings (SSSR count). The molecule has 133 heavy (non-hydrogen) atoms. The molecule has 0 aliphatic carbocycles. The highest BCUT2D eigenvalue weighted by Crippen LogP contribution is 2.36. The number of anilines is 4. The number of aliphatic hydroxyl groups is 1. The lowest BCUT2D eigenvalue weighted by Crippen LogP contribution is -2.42. The predicted molar refractivity (Wildman–Crippen MR) is 475 cm³/mol. The molecule has 12 N–H and O–H groups in total. The van der Waals surface area contributed by atoms with Crippen molar-refractivity contribution in [1.29, 1.82) is 0 Å². The van der Waals surface area contributed by atoms with Crippen LogP contribution in [0.25, 0.3) is 112 Å². The lowest BCUT2D eigenvalue weighted by molar-refractivity contribution is -0.138. The third kappa shape index (κ3) is 22.4. The fourth-order valence-corrected chi connectivity index (χ4v) is 13.4. The number of rotatable bonds is 22. The maximum absolute atomic E-state index is 14.4. The van der Waals surface area contributed by atoms with Gasteiger partial charge in [-0.05, 0) is 123 Å². The Morgan fingerprint density at radius 3 is 1.17 bits per heavy atom. The number of hydrogen-bond donors (Lipinski definition) is 12. The lowest BCUT2D eigenvalue weighted by Gasteiger charge is -2.16. The van der Waals surface area contributed by atoms with Crippen molar-refractivity contribution in [3.05, 3.63) is 287 Å². The second-order valence-electron chi connectivity index (χ2n) is 29.1. The standard InChI is InChI=1S/C21H18F2N6O.C21H17F2N5O2.C20H17F2N5O.C17H16F4N6O2.C11H7ClN4/c1-11(12-3-5-14(22)6-4-12)28-20-17(23)10-27-19(29-20)16-9-26-18-15(16)7-13(8-25-18)21(30)24-2;1-11(12-3-5-14(22)6-4-12)27-20-17(23)10-26-19(28-20)16-9-25-18-15(16)7-13(8-24-18)21(29)30-2;1-11(13-2-4-14(21)5-3-13)26-20-17(22)9-25-19(27-20)16-8-24-18-15(16)6-12(10-28)7-23-18;1-8(16(28)25-7-17(19,20)21)26-15-12(18)6-24-14(27-15)11-5-23-13-10(11)3-9(29-2)4-22-13;12-7-4-8-9(6-16-10(8)15-5-7)11-13-2-1-3-14-11/h3-11H,1-2H3,(H,24,30)(H,25,26)(H,27,28,29);3-11H,1-2H3,(H,24,25)(H,26,27,28);2-9,11,28H,10H2,1H3,(H,23,24)(H,25,26,27);3-6,8H,7H2,1-2H3,(H,22,23)(H,25,28)(H,24,26,27);1-6H,(H,15,16)/t3*11-;8-;/m0000./s1. The van der Waals surface area contributed by atoms with Crippen molar-refractivity contribution in [2.75, 3.05) is 49.1 Å². The van der Waals surface area contributed by atoms with Gasteiger partial charge in [-0.25, -0.2) is 110 Å². The molecule has 0 saturated carbocycles. The van der Waals surface area contributed by atoms with Crippen LogP contribution in [0.3, 0.4) is 0 Å². The van der Waals surface area contributed by atoms with Crippen LogP contribution in [0.15, 0.2) is 208 Å². The fourth-order valence-electron chi connectivity index (χ4n) is 13.2. The number of aliphatic hydroxyl groups excluding tert-OH is 1. The van der Waals surface area contributed by atoms with Gasteiger partial charge in [0.25, 0.3) is 5.91 Å². The lowest BCUT2D eigenvalue weighted by atomic mass is 10.1. The Morgan fingerprint density at radius 2 is 0.782 bits per heavy atom. The Kier molecular flexibility index (Phi) is 28.7. The number of fused-ring (bicyclic) bond motifs is 5. The van der Waals surface area contributed by atoms with E-state index < -0.39 is 53.9 Å². The van der Waals surface area contributed by atoms with Gasteiger partial charge in [-0.15, -0.1) is 0 Å². The first-order chi connectivity index (χ1) is 64.0. The number of methoxy groups -OCH3 is 2. The summed E-state index contributed by atoms with van der Waals surface area (Å²) in [6, 6.07) is 26.1. The van der Waals surface area contributed by atoms with E-state index in [9.17, 15) is 63.4 Å². The topological polar surface area (TPSA) is 434 Å². The number of H-pyrrole nitrogens is 5. The number of hydrogen-bond acceptors (Lipinski definition) is 25. The molecule has 0 unspecified atom stereocenters. The van der Waals surface area contributed by atoms with Gasteiger partial charge in [0.1, 0.15) is 64.0 Å². The molecular weight excluding hydrogens is 1770 g/mol. The van der Waals surface area contributed by atoms with E-state index >= 15 is 0 Å². The minimum absolute atomic E-state index is 0.00302. The molecule has 0 aliphatic heterocycles. The molecule has 4 atom stereocenters. The summed E-state index contributed by atoms with van der Waals surface area (Å²) in [7, 11) is 4.30. The molecule has 0 spiro atoms. The molecule has 18 aromatic rings. The minimum Gasteiger partial charge on any atom is -0.495 e. The normalized spacial score (nSPS) is 12.1. The van der Waals surface area contributed by atoms with Crippen LogP contribution in [0.5, 0.6) is 5.75 Å². The van der Waals surface area contributed by atoms with E-state index in [-0.39, 0.29) is 94.4 Å². The van der Waals surface area contributed by atoms with E-state index in [1.165, 1.54) is 83.2 Å². The summed E-state index contributed by atoms with van der Waals surface area (Å²) in [6.07, 6.45) is 19.0. The largest absolute Gasteiger partial charge is 0.495 e. The molecule has 0 saturated heterocycles. The van der Waals surface area contributed by atoms with E-state index in [2.05, 4.69) is 126 Å². The fraction of sp³-hybridized carbons (Fsp3) is 0.156. The molecule has 2 amide bonds. The highest BCUT2D eigenvalue weighted by atomic mass is 35.5. The predicted octanol–water partition coefficient (Wildman–Crippen LogP) is 17.4. The molecule has 0 aliphatic rings. The number of amides is 2. The van der Waals surface area contributed by atoms with Crippen LogP contribution < -0.4 is 36.6 Å². The Labute approximate surface area is 751 Å². The maximum Gasteiger partial charge on any atom is 0.405 e. The van der Waals surface area contributed by atoms with Crippen LogP contribution in [-0.2, 0) is 16.1 Å². The first-order valence-corrected chi connectivity index (χ1v) is 40.4. The number of halogens is 11. The van der Waals surface area contributed by atoms with Crippen molar-refractivity contribution in [2.24, 2.45) is 0 Å². The Bertz CT molecular complexity index is 7010. The van der Waals surface area contributed by atoms with Crippen molar-refractivity contribution in [3.8, 4) is 62.7 Å². The van der Waals surface area contributed by atoms with Crippen molar-refractivity contribution in [3.63, 3.8) is 0 Å². The maximum atomic E-state index is 14.4. The Morgan fingerprint density at radius 1 is 0.429 bits per heavy atom. The number of nitrogens with zero attached hydrogens (tertiary/aromatic N) is 15. The number of carbonyl (C=O) groups is 3. The molecule has 43 heteroatoms. The van der Waals surface area contributed by atoms with Gasteiger partial charge >= 0.3 is 12.1 Å². The van der Waals surface area contributed by atoms with Crippen molar-refractivity contribution in [2.45, 2.75) is 64.6 Å². The van der Waals surface area contributed by atoms with Gasteiger partial charge in [0.05, 0.1) is 86.1 Å². The number of ether oxygens (including phenoxy) is 2. The van der Waals surface area contributed by atoms with E-state index in [1.807, 2.05) is 33.0 Å². The molecular formula is C90H75ClF10N26O6. The highest BCUT2D eigenvalue weighted by molar-refractivity contribution is 6.31. The summed E-state index contributed by atoms with van der Waals surface area (Å²) in [6.45, 7) is 5.12. The van der Waals surface area contributed by atoms with Crippen LogP contribution in [0.4, 0.5) is 67.2 Å². The zero-order valence-electron chi connectivity index (χ0n) is 70.7. The second kappa shape index (κ2) is 41.3. The third-order valence-electron chi connectivity index (χ3n) is 20.1. The Hall–Kier alpha value is -16.5. The van der Waals surface area contributed by atoms with Crippen LogP contribution in [0, 0.1) is 40.7 Å². The van der Waals surface area contributed by atoms with Gasteiger partial charge in [-0.2, -0.15) is 13.2 Å². The number of alkyl halides is 3. The summed E-state index contributed by atoms with van der Waals surface area (Å²) in [5, 5.41) is 29.2. The number of carbonyl (C=O) groups excluding carboxylic acids is 3. The molecule has 15 heterocycles. The second-order valence-corrected chi connectivity index (χ2v) is 29.6. The minimum atomic E-state index is -4.55. The number of esters is 1. The SMILES string of the molecule is CNC(=O)c1cnc2[nH]cc(-c3ncc(F)c(N[C@@H](C)c4ccc(F)cc4)n3)c2c1.COC(=O)c1cnc2[nH]cc(-c3ncc(F)c(N[C@@H](C)c4ccc(F)cc4)n3)c2c1.COc1cnc2[nH]cc(-c3ncc(F)c(N[C@@H](C)C(=O)NCC(F)(F)F)n3)c2c1.C[C@H](Nc1nc(-c2c[nH]c3ncc(CO)cc23)ncc1F)c1ccc(F)cc1.Clc1cnc2[nH]cc(-c3ncccn3)c2c1. The molecule has 678 valence electrons. The molecule has 3 aromatic carbocycles. The van der Waals surface area contributed by atoms with Crippen molar-refractivity contribution >= 4 is 108 Å². The summed E-state index contributed by atoms with van der Waals surface area (Å²) < 4.78 is 143. The third-order valence-corrected chi connectivity index (χ3v) is 20.3. The average molecular weight is 1840 g/mol. The number of pyridine rings is 5. The van der Waals surface area contributed by atoms with E-state index in [4.69, 9.17) is 21.1 Å². The van der Waals surface area contributed by atoms with E-state index in [1.54, 1.807) is 122 Å². The zero-order chi connectivity index (χ0) is 94.3. The number of nitrogens with one attached hydrogen (secondary N) is 11. The molecule has 0 radical (unpaired) electrons. The first kappa shape index (κ1) is 92.6. The van der Waals surface area contributed by atoms with Crippen molar-refractivity contribution in [1.82, 2.24) is 110 Å². The Balaban J connectivity index is 0.000000135. The number of benzene rings is 3. The molecule has 0 bridgehead atoms. The van der Waals surface area contributed by atoms with E-state index in [0.29, 0.717) is 94.5 Å². The number of aromatic nitrogens is 20. The van der Waals surface area contributed by atoms with Gasteiger partial charge in [-0.1, -0.05) is 48.0 Å². The zero-order valence-corrected chi connectivity index (χ0v) is 71.5. The summed E-state index contributed by atoms with van der Waals surface area (Å²) in [5.41, 5.74) is 9.88. The first-order valence-electron chi connectivity index (χ1n) is 40.0. The molecule has 15 aromatic heterocycles. The van der Waals surface area contributed by atoms with Gasteiger partial charge in [-0.3, -0.25) is 9.59 Å². The van der Waals surface area contributed by atoms with Crippen LogP contribution >= 0.6 is 11.6 Å². The van der Waals surface area contributed by atoms with Gasteiger partial charge in [0.15, 0.2) is 75.7 Å². The quantitative estimate of drug-likeness (QED) is 0.0221. The van der Waals surface area contributed by atoms with Gasteiger partial charge in [0, 0.05) is 130 Å². The number of aromatic amines is 5. The average Bonchev–Trinajstić information content (AvgIpc) is 1.65. The van der Waals surface area contributed by atoms with Crippen LogP contribution in [0.2, 0.25) is 5.02 Å². The smallest absolute Gasteiger partial charge is 0.405 e. The summed E-state index contributed by atoms with van der Waals surface area (Å²) in [4.78, 5) is 113. The highest BCUT2D eigenvalue weighted by Gasteiger charge is 2.30. The van der Waals surface area contributed by atoms with Gasteiger partial charge < -0.3 is 71.4 Å². The summed E-state index contributed by atoms with van der Waals surface area (Å²) >= 11 is 5.92.